The third-order valence-corrected chi connectivity index (χ3v) is 2.49. The van der Waals surface area contributed by atoms with Crippen molar-refractivity contribution in [2.24, 2.45) is 0 Å². The number of benzene rings is 1. The van der Waals surface area contributed by atoms with E-state index in [1.807, 2.05) is 13.8 Å². The highest BCUT2D eigenvalue weighted by Gasteiger charge is 2.39. The summed E-state index contributed by atoms with van der Waals surface area (Å²) in [6.07, 6.45) is -3.41. The van der Waals surface area contributed by atoms with Gasteiger partial charge in [0.2, 0.25) is 0 Å². The first-order valence-corrected chi connectivity index (χ1v) is 5.13. The normalized spacial score (nSPS) is 11.6. The summed E-state index contributed by atoms with van der Waals surface area (Å²) in [5.41, 5.74) is 1.51. The Labute approximate surface area is 92.3 Å². The Morgan fingerprint density at radius 1 is 1.12 bits per heavy atom. The summed E-state index contributed by atoms with van der Waals surface area (Å²) in [6.45, 7) is 3.79. The highest BCUT2D eigenvalue weighted by Crippen LogP contribution is 2.23. The molecular weight excluding hydrogens is 217 g/mol. The van der Waals surface area contributed by atoms with E-state index in [-0.39, 0.29) is 5.56 Å². The molecule has 88 valence electrons. The molecule has 0 aliphatic carbocycles. The highest BCUT2D eigenvalue weighted by atomic mass is 19.4. The van der Waals surface area contributed by atoms with Gasteiger partial charge < -0.3 is 0 Å². The number of aryl methyl sites for hydroxylation is 2. The molecule has 0 aromatic heterocycles. The number of hydrogen-bond acceptors (Lipinski definition) is 1. The molecule has 0 bridgehead atoms. The van der Waals surface area contributed by atoms with Crippen LogP contribution < -0.4 is 0 Å². The van der Waals surface area contributed by atoms with Crippen molar-refractivity contribution in [3.8, 4) is 0 Å². The maximum absolute atomic E-state index is 12.2. The van der Waals surface area contributed by atoms with Crippen LogP contribution in [0.4, 0.5) is 13.2 Å². The molecule has 0 aliphatic heterocycles. The number of ketones is 1. The molecule has 0 fully saturated rings. The molecule has 1 rings (SSSR count). The molecule has 4 heteroatoms. The maximum atomic E-state index is 12.2. The van der Waals surface area contributed by atoms with Gasteiger partial charge in [-0.2, -0.15) is 13.2 Å². The van der Waals surface area contributed by atoms with E-state index >= 15 is 0 Å². The van der Waals surface area contributed by atoms with Crippen molar-refractivity contribution in [2.75, 3.05) is 0 Å². The van der Waals surface area contributed by atoms with Gasteiger partial charge in [-0.25, -0.2) is 0 Å². The molecular formula is C12H13F3O. The van der Waals surface area contributed by atoms with Crippen molar-refractivity contribution in [3.05, 3.63) is 34.9 Å². The van der Waals surface area contributed by atoms with E-state index in [4.69, 9.17) is 0 Å². The first kappa shape index (κ1) is 12.7. The van der Waals surface area contributed by atoms with E-state index in [0.29, 0.717) is 6.42 Å². The molecule has 1 nitrogen and oxygen atoms in total. The number of carbonyl (C=O) groups excluding carboxylic acids is 1. The van der Waals surface area contributed by atoms with Gasteiger partial charge in [0.1, 0.15) is 0 Å². The molecule has 0 unspecified atom stereocenters. The average molecular weight is 230 g/mol. The second kappa shape index (κ2) is 4.68. The van der Waals surface area contributed by atoms with Crippen LogP contribution in [0.15, 0.2) is 18.2 Å². The topological polar surface area (TPSA) is 17.1 Å². The van der Waals surface area contributed by atoms with Crippen LogP contribution in [0.3, 0.4) is 0 Å². The van der Waals surface area contributed by atoms with Crippen molar-refractivity contribution >= 4 is 5.78 Å². The summed E-state index contributed by atoms with van der Waals surface area (Å²) in [5, 5.41) is 0. The fourth-order valence-electron chi connectivity index (χ4n) is 1.60. The van der Waals surface area contributed by atoms with Crippen LogP contribution in [0.5, 0.6) is 0 Å². The van der Waals surface area contributed by atoms with Crippen molar-refractivity contribution in [1.29, 1.82) is 0 Å². The Morgan fingerprint density at radius 2 is 1.69 bits per heavy atom. The van der Waals surface area contributed by atoms with Gasteiger partial charge in [0.05, 0.1) is 0 Å². The standard InChI is InChI=1S/C12H13F3O/c1-3-8-5-6-10(7-9(8)4-2)11(16)12(13,14)15/h5-7H,3-4H2,1-2H3. The molecule has 0 radical (unpaired) electrons. The number of halogens is 3. The monoisotopic (exact) mass is 230 g/mol. The highest BCUT2D eigenvalue weighted by molar-refractivity contribution is 6.00. The Morgan fingerprint density at radius 3 is 2.12 bits per heavy atom. The lowest BCUT2D eigenvalue weighted by Gasteiger charge is -2.09. The summed E-state index contributed by atoms with van der Waals surface area (Å²) < 4.78 is 36.6. The van der Waals surface area contributed by atoms with Gasteiger partial charge in [0.25, 0.3) is 5.78 Å². The first-order chi connectivity index (χ1) is 7.40. The number of Topliss-reactive ketones (excluding diaryl/α,β-unsaturated/α-hetero) is 1. The Bertz CT molecular complexity index is 394. The number of rotatable bonds is 3. The van der Waals surface area contributed by atoms with Gasteiger partial charge in [-0.1, -0.05) is 26.0 Å². The van der Waals surface area contributed by atoms with Gasteiger partial charge >= 0.3 is 6.18 Å². The van der Waals surface area contributed by atoms with Gasteiger partial charge in [0.15, 0.2) is 0 Å². The predicted octanol–water partition coefficient (Wildman–Crippen LogP) is 3.56. The molecule has 0 amide bonds. The van der Waals surface area contributed by atoms with E-state index in [1.54, 1.807) is 6.07 Å². The molecule has 0 heterocycles. The summed E-state index contributed by atoms with van der Waals surface area (Å²) in [6, 6.07) is 4.18. The lowest BCUT2D eigenvalue weighted by atomic mass is 9.98. The van der Waals surface area contributed by atoms with E-state index in [0.717, 1.165) is 17.5 Å². The van der Waals surface area contributed by atoms with Crippen molar-refractivity contribution in [3.63, 3.8) is 0 Å². The SMILES string of the molecule is CCc1ccc(C(=O)C(F)(F)F)cc1CC. The zero-order chi connectivity index (χ0) is 12.3. The van der Waals surface area contributed by atoms with E-state index in [2.05, 4.69) is 0 Å². The summed E-state index contributed by atoms with van der Waals surface area (Å²) in [5.74, 6) is -1.77. The summed E-state index contributed by atoms with van der Waals surface area (Å²) >= 11 is 0. The van der Waals surface area contributed by atoms with Gasteiger partial charge in [-0.3, -0.25) is 4.79 Å². The van der Waals surface area contributed by atoms with Gasteiger partial charge in [-0.15, -0.1) is 0 Å². The Hall–Kier alpha value is -1.32. The summed E-state index contributed by atoms with van der Waals surface area (Å²) in [4.78, 5) is 11.0. The zero-order valence-corrected chi connectivity index (χ0v) is 9.19. The molecule has 1 aromatic rings. The molecule has 0 aliphatic rings. The minimum absolute atomic E-state index is 0.276. The zero-order valence-electron chi connectivity index (χ0n) is 9.19. The minimum Gasteiger partial charge on any atom is -0.284 e. The lowest BCUT2D eigenvalue weighted by molar-refractivity contribution is -0.0885. The van der Waals surface area contributed by atoms with Crippen LogP contribution in [0, 0.1) is 0 Å². The predicted molar refractivity (Wildman–Crippen MR) is 55.6 cm³/mol. The molecule has 1 aromatic carbocycles. The smallest absolute Gasteiger partial charge is 0.284 e. The number of carbonyl (C=O) groups is 1. The number of hydrogen-bond donors (Lipinski definition) is 0. The fraction of sp³-hybridized carbons (Fsp3) is 0.417. The molecule has 0 saturated heterocycles. The third-order valence-electron chi connectivity index (χ3n) is 2.49. The second-order valence-electron chi connectivity index (χ2n) is 3.52. The third kappa shape index (κ3) is 2.62. The average Bonchev–Trinajstić information content (AvgIpc) is 2.25. The first-order valence-electron chi connectivity index (χ1n) is 5.13. The lowest BCUT2D eigenvalue weighted by Crippen LogP contribution is -2.22. The molecule has 0 atom stereocenters. The summed E-state index contributed by atoms with van der Waals surface area (Å²) in [7, 11) is 0. The van der Waals surface area contributed by atoms with Crippen LogP contribution in [-0.2, 0) is 12.8 Å². The van der Waals surface area contributed by atoms with Crippen molar-refractivity contribution in [1.82, 2.24) is 0 Å². The Kier molecular flexibility index (Phi) is 3.73. The van der Waals surface area contributed by atoms with E-state index in [1.165, 1.54) is 12.1 Å². The van der Waals surface area contributed by atoms with Gasteiger partial charge in [0, 0.05) is 5.56 Å². The molecule has 0 N–H and O–H groups in total. The number of alkyl halides is 3. The quantitative estimate of drug-likeness (QED) is 0.725. The van der Waals surface area contributed by atoms with Crippen LogP contribution >= 0.6 is 0 Å². The van der Waals surface area contributed by atoms with Crippen molar-refractivity contribution < 1.29 is 18.0 Å². The van der Waals surface area contributed by atoms with Crippen LogP contribution in [-0.4, -0.2) is 12.0 Å². The van der Waals surface area contributed by atoms with Crippen molar-refractivity contribution in [2.45, 2.75) is 32.9 Å². The van der Waals surface area contributed by atoms with Crippen LogP contribution in [0.2, 0.25) is 0 Å². The molecule has 16 heavy (non-hydrogen) atoms. The minimum atomic E-state index is -4.79. The maximum Gasteiger partial charge on any atom is 0.454 e. The second-order valence-corrected chi connectivity index (χ2v) is 3.52. The molecule has 0 saturated carbocycles. The van der Waals surface area contributed by atoms with Crippen LogP contribution in [0.25, 0.3) is 0 Å². The van der Waals surface area contributed by atoms with Gasteiger partial charge in [-0.05, 0) is 30.0 Å². The largest absolute Gasteiger partial charge is 0.454 e. The fourth-order valence-corrected chi connectivity index (χ4v) is 1.60. The molecule has 0 spiro atoms. The van der Waals surface area contributed by atoms with E-state index < -0.39 is 12.0 Å². The van der Waals surface area contributed by atoms with E-state index in [9.17, 15) is 18.0 Å². The van der Waals surface area contributed by atoms with Crippen LogP contribution in [0.1, 0.15) is 35.3 Å². The Balaban J connectivity index is 3.13.